The Morgan fingerprint density at radius 1 is 1.32 bits per heavy atom. The Morgan fingerprint density at radius 2 is 2.05 bits per heavy atom. The van der Waals surface area contributed by atoms with Gasteiger partial charge in [-0.3, -0.25) is 4.99 Å². The van der Waals surface area contributed by atoms with E-state index in [4.69, 9.17) is 11.6 Å². The van der Waals surface area contributed by atoms with Gasteiger partial charge in [-0.15, -0.1) is 0 Å². The van der Waals surface area contributed by atoms with Crippen LogP contribution in [0.1, 0.15) is 32.8 Å². The van der Waals surface area contributed by atoms with Gasteiger partial charge in [0.25, 0.3) is 0 Å². The first kappa shape index (κ1) is 15.8. The molecule has 0 aliphatic carbocycles. The Balaban J connectivity index is 2.53. The van der Waals surface area contributed by atoms with Crippen molar-refractivity contribution < 1.29 is 0 Å². The minimum atomic E-state index is 0.429. The second-order valence-electron chi connectivity index (χ2n) is 4.56. The maximum atomic E-state index is 6.13. The monoisotopic (exact) mass is 281 g/mol. The van der Waals surface area contributed by atoms with Crippen molar-refractivity contribution in [2.75, 3.05) is 13.1 Å². The molecule has 0 fully saturated rings. The van der Waals surface area contributed by atoms with Crippen molar-refractivity contribution in [3.8, 4) is 0 Å². The third kappa shape index (κ3) is 5.97. The maximum absolute atomic E-state index is 6.13. The van der Waals surface area contributed by atoms with Crippen LogP contribution in [0.3, 0.4) is 0 Å². The number of rotatable bonds is 6. The summed E-state index contributed by atoms with van der Waals surface area (Å²) in [4.78, 5) is 4.57. The molecule has 2 N–H and O–H groups in total. The summed E-state index contributed by atoms with van der Waals surface area (Å²) in [5.41, 5.74) is 1.15. The van der Waals surface area contributed by atoms with Crippen molar-refractivity contribution in [2.24, 2.45) is 4.99 Å². The molecule has 0 radical (unpaired) electrons. The zero-order valence-corrected chi connectivity index (χ0v) is 12.8. The average Bonchev–Trinajstić information content (AvgIpc) is 2.41. The number of hydrogen-bond acceptors (Lipinski definition) is 1. The van der Waals surface area contributed by atoms with E-state index in [1.807, 2.05) is 24.3 Å². The molecule has 1 rings (SSSR count). The zero-order chi connectivity index (χ0) is 14.1. The van der Waals surface area contributed by atoms with Crippen molar-refractivity contribution in [2.45, 2.75) is 39.7 Å². The first-order valence-electron chi connectivity index (χ1n) is 6.95. The molecule has 1 aromatic carbocycles. The van der Waals surface area contributed by atoms with Crippen LogP contribution in [0.5, 0.6) is 0 Å². The fourth-order valence-corrected chi connectivity index (χ4v) is 1.88. The van der Waals surface area contributed by atoms with E-state index in [9.17, 15) is 0 Å². The molecule has 0 saturated heterocycles. The largest absolute Gasteiger partial charge is 0.357 e. The van der Waals surface area contributed by atoms with E-state index >= 15 is 0 Å². The maximum Gasteiger partial charge on any atom is 0.191 e. The molecule has 0 bridgehead atoms. The van der Waals surface area contributed by atoms with E-state index in [-0.39, 0.29) is 0 Å². The van der Waals surface area contributed by atoms with Gasteiger partial charge in [-0.1, -0.05) is 36.7 Å². The van der Waals surface area contributed by atoms with Crippen LogP contribution in [-0.4, -0.2) is 25.1 Å². The van der Waals surface area contributed by atoms with Crippen LogP contribution < -0.4 is 10.6 Å². The van der Waals surface area contributed by atoms with Gasteiger partial charge in [0.2, 0.25) is 0 Å². The van der Waals surface area contributed by atoms with E-state index in [2.05, 4.69) is 36.4 Å². The highest BCUT2D eigenvalue weighted by Gasteiger charge is 2.02. The standard InChI is InChI=1S/C15H24ClN3/c1-4-12(3)19-15(17-5-2)18-11-10-13-8-6-7-9-14(13)16/h6-9,12H,4-5,10-11H2,1-3H3,(H2,17,18,19). The van der Waals surface area contributed by atoms with E-state index in [0.29, 0.717) is 6.04 Å². The third-order valence-electron chi connectivity index (χ3n) is 2.95. The first-order valence-corrected chi connectivity index (χ1v) is 7.33. The number of nitrogens with one attached hydrogen (secondary N) is 2. The van der Waals surface area contributed by atoms with Crippen LogP contribution in [0.4, 0.5) is 0 Å². The van der Waals surface area contributed by atoms with Gasteiger partial charge in [-0.2, -0.15) is 0 Å². The number of guanidine groups is 1. The van der Waals surface area contributed by atoms with Gasteiger partial charge in [-0.05, 0) is 38.3 Å². The lowest BCUT2D eigenvalue weighted by Gasteiger charge is -2.16. The fraction of sp³-hybridized carbons (Fsp3) is 0.533. The second kappa shape index (κ2) is 8.81. The Bertz CT molecular complexity index is 404. The lowest BCUT2D eigenvalue weighted by Crippen LogP contribution is -2.42. The topological polar surface area (TPSA) is 36.4 Å². The first-order chi connectivity index (χ1) is 9.17. The molecule has 4 heteroatoms. The summed E-state index contributed by atoms with van der Waals surface area (Å²) in [6.45, 7) is 7.98. The minimum absolute atomic E-state index is 0.429. The number of halogens is 1. The van der Waals surface area contributed by atoms with Crippen LogP contribution in [0, 0.1) is 0 Å². The van der Waals surface area contributed by atoms with Crippen molar-refractivity contribution in [3.05, 3.63) is 34.9 Å². The van der Waals surface area contributed by atoms with Crippen molar-refractivity contribution in [1.82, 2.24) is 10.6 Å². The summed E-state index contributed by atoms with van der Waals surface area (Å²) in [5, 5.41) is 7.45. The van der Waals surface area contributed by atoms with E-state index in [1.165, 1.54) is 0 Å². The normalized spacial score (nSPS) is 13.2. The highest BCUT2D eigenvalue weighted by Crippen LogP contribution is 2.15. The Labute approximate surface area is 121 Å². The number of nitrogens with zero attached hydrogens (tertiary/aromatic N) is 1. The van der Waals surface area contributed by atoms with Crippen LogP contribution >= 0.6 is 11.6 Å². The molecule has 106 valence electrons. The molecule has 0 aliphatic heterocycles. The molecule has 0 spiro atoms. The summed E-state index contributed by atoms with van der Waals surface area (Å²) < 4.78 is 0. The van der Waals surface area contributed by atoms with Gasteiger partial charge in [0.1, 0.15) is 0 Å². The van der Waals surface area contributed by atoms with E-state index in [1.54, 1.807) is 0 Å². The van der Waals surface area contributed by atoms with Crippen LogP contribution in [0.25, 0.3) is 0 Å². The molecule has 3 nitrogen and oxygen atoms in total. The minimum Gasteiger partial charge on any atom is -0.357 e. The molecule has 0 saturated carbocycles. The molecule has 0 aliphatic rings. The molecule has 1 aromatic rings. The van der Waals surface area contributed by atoms with Gasteiger partial charge >= 0.3 is 0 Å². The predicted octanol–water partition coefficient (Wildman–Crippen LogP) is 3.24. The molecular weight excluding hydrogens is 258 g/mol. The SMILES string of the molecule is CCNC(=NCCc1ccccc1Cl)NC(C)CC. The molecule has 0 amide bonds. The van der Waals surface area contributed by atoms with Crippen molar-refractivity contribution in [1.29, 1.82) is 0 Å². The molecule has 0 aromatic heterocycles. The Kier molecular flexibility index (Phi) is 7.34. The predicted molar refractivity (Wildman–Crippen MR) is 84.0 cm³/mol. The highest BCUT2D eigenvalue weighted by molar-refractivity contribution is 6.31. The number of benzene rings is 1. The van der Waals surface area contributed by atoms with Gasteiger partial charge in [0.15, 0.2) is 5.96 Å². The van der Waals surface area contributed by atoms with Crippen LogP contribution in [-0.2, 0) is 6.42 Å². The smallest absolute Gasteiger partial charge is 0.191 e. The average molecular weight is 282 g/mol. The van der Waals surface area contributed by atoms with Crippen LogP contribution in [0.15, 0.2) is 29.3 Å². The molecule has 0 heterocycles. The number of hydrogen-bond donors (Lipinski definition) is 2. The van der Waals surface area contributed by atoms with Crippen LogP contribution in [0.2, 0.25) is 5.02 Å². The summed E-state index contributed by atoms with van der Waals surface area (Å²) >= 11 is 6.13. The third-order valence-corrected chi connectivity index (χ3v) is 3.32. The summed E-state index contributed by atoms with van der Waals surface area (Å²) in [6.07, 6.45) is 1.94. The summed E-state index contributed by atoms with van der Waals surface area (Å²) in [6, 6.07) is 8.35. The molecule has 1 atom stereocenters. The fourth-order valence-electron chi connectivity index (χ4n) is 1.64. The quantitative estimate of drug-likeness (QED) is 0.620. The summed E-state index contributed by atoms with van der Waals surface area (Å²) in [5.74, 6) is 0.879. The van der Waals surface area contributed by atoms with Crippen molar-refractivity contribution >= 4 is 17.6 Å². The highest BCUT2D eigenvalue weighted by atomic mass is 35.5. The second-order valence-corrected chi connectivity index (χ2v) is 4.96. The van der Waals surface area contributed by atoms with Gasteiger partial charge < -0.3 is 10.6 Å². The summed E-state index contributed by atoms with van der Waals surface area (Å²) in [7, 11) is 0. The number of aliphatic imine (C=N–C) groups is 1. The van der Waals surface area contributed by atoms with Crippen molar-refractivity contribution in [3.63, 3.8) is 0 Å². The Hall–Kier alpha value is -1.22. The lowest BCUT2D eigenvalue weighted by molar-refractivity contribution is 0.624. The molecule has 19 heavy (non-hydrogen) atoms. The van der Waals surface area contributed by atoms with Gasteiger partial charge in [-0.25, -0.2) is 0 Å². The molecular formula is C15H24ClN3. The lowest BCUT2D eigenvalue weighted by atomic mass is 10.1. The van der Waals surface area contributed by atoms with E-state index in [0.717, 1.165) is 42.5 Å². The zero-order valence-electron chi connectivity index (χ0n) is 12.0. The van der Waals surface area contributed by atoms with Gasteiger partial charge in [0.05, 0.1) is 0 Å². The Morgan fingerprint density at radius 3 is 2.68 bits per heavy atom. The van der Waals surface area contributed by atoms with Gasteiger partial charge in [0, 0.05) is 24.2 Å². The van der Waals surface area contributed by atoms with E-state index < -0.39 is 0 Å². The molecule has 1 unspecified atom stereocenters.